The van der Waals surface area contributed by atoms with Crippen LogP contribution < -0.4 is 10.6 Å². The summed E-state index contributed by atoms with van der Waals surface area (Å²) in [4.78, 5) is 9.01. The monoisotopic (exact) mass is 494 g/mol. The second kappa shape index (κ2) is 9.16. The number of ether oxygens (including phenoxy) is 2. The summed E-state index contributed by atoms with van der Waals surface area (Å²) in [6.45, 7) is 8.13. The van der Waals surface area contributed by atoms with Crippen molar-refractivity contribution >= 4 is 41.3 Å². The van der Waals surface area contributed by atoms with Gasteiger partial charge in [-0.05, 0) is 19.8 Å². The minimum absolute atomic E-state index is 0. The number of aliphatic imine (C=N–C) groups is 1. The van der Waals surface area contributed by atoms with E-state index in [0.29, 0.717) is 24.6 Å². The Labute approximate surface area is 177 Å². The van der Waals surface area contributed by atoms with Crippen molar-refractivity contribution in [3.05, 3.63) is 16.1 Å². The number of guanidine groups is 1. The molecule has 0 amide bonds. The number of nitrogens with zero attached hydrogens (tertiary/aromatic N) is 2. The largest absolute Gasteiger partial charge is 0.377 e. The number of thiazole rings is 1. The molecule has 1 aromatic heterocycles. The molecule has 1 aliphatic heterocycles. The third-order valence-electron chi connectivity index (χ3n) is 5.55. The molecule has 0 spiro atoms. The fourth-order valence-electron chi connectivity index (χ4n) is 4.02. The zero-order chi connectivity index (χ0) is 18.0. The van der Waals surface area contributed by atoms with Crippen LogP contribution in [-0.2, 0) is 16.0 Å². The van der Waals surface area contributed by atoms with Gasteiger partial charge in [0.05, 0.1) is 18.3 Å². The molecule has 8 heteroatoms. The number of nitrogens with one attached hydrogen (secondary N) is 2. The summed E-state index contributed by atoms with van der Waals surface area (Å²) in [5, 5.41) is 10.1. The zero-order valence-electron chi connectivity index (χ0n) is 16.2. The summed E-state index contributed by atoms with van der Waals surface area (Å²) < 4.78 is 11.3. The van der Waals surface area contributed by atoms with Crippen molar-refractivity contribution in [2.45, 2.75) is 58.4 Å². The first-order chi connectivity index (χ1) is 12.0. The fourth-order valence-corrected chi connectivity index (χ4v) is 4.87. The van der Waals surface area contributed by atoms with E-state index in [1.807, 2.05) is 14.0 Å². The van der Waals surface area contributed by atoms with Crippen molar-refractivity contribution < 1.29 is 9.47 Å². The smallest absolute Gasteiger partial charge is 0.191 e. The van der Waals surface area contributed by atoms with Crippen LogP contribution in [0.3, 0.4) is 0 Å². The van der Waals surface area contributed by atoms with Gasteiger partial charge in [-0.25, -0.2) is 4.98 Å². The van der Waals surface area contributed by atoms with Gasteiger partial charge in [0, 0.05) is 43.5 Å². The van der Waals surface area contributed by atoms with Gasteiger partial charge in [0.15, 0.2) is 5.96 Å². The molecule has 2 fully saturated rings. The van der Waals surface area contributed by atoms with E-state index in [4.69, 9.17) is 9.47 Å². The van der Waals surface area contributed by atoms with Crippen molar-refractivity contribution in [2.24, 2.45) is 16.3 Å². The molecule has 6 nitrogen and oxygen atoms in total. The van der Waals surface area contributed by atoms with Gasteiger partial charge in [0.1, 0.15) is 11.1 Å². The van der Waals surface area contributed by atoms with E-state index >= 15 is 0 Å². The molecule has 4 unspecified atom stereocenters. The highest BCUT2D eigenvalue weighted by Gasteiger charge is 2.58. The molecular weight excluding hydrogens is 463 g/mol. The van der Waals surface area contributed by atoms with Gasteiger partial charge >= 0.3 is 0 Å². The molecule has 1 saturated heterocycles. The molecule has 4 atom stereocenters. The summed E-state index contributed by atoms with van der Waals surface area (Å²) in [6, 6.07) is 0.392. The predicted octanol–water partition coefficient (Wildman–Crippen LogP) is 3.34. The summed E-state index contributed by atoms with van der Waals surface area (Å²) in [7, 11) is 3.52. The molecule has 26 heavy (non-hydrogen) atoms. The quantitative estimate of drug-likeness (QED) is 0.374. The van der Waals surface area contributed by atoms with Crippen LogP contribution in [0.25, 0.3) is 0 Å². The summed E-state index contributed by atoms with van der Waals surface area (Å²) in [5.41, 5.74) is 1.14. The lowest BCUT2D eigenvalue weighted by atomic mass is 9.55. The molecule has 1 aromatic rings. The molecule has 0 bridgehead atoms. The molecule has 1 aliphatic carbocycles. The Hall–Kier alpha value is -0.450. The number of hydrogen-bond acceptors (Lipinski definition) is 5. The topological polar surface area (TPSA) is 67.8 Å². The van der Waals surface area contributed by atoms with Crippen molar-refractivity contribution in [3.8, 4) is 0 Å². The Morgan fingerprint density at radius 2 is 2.31 bits per heavy atom. The average molecular weight is 494 g/mol. The van der Waals surface area contributed by atoms with Crippen molar-refractivity contribution in [1.29, 1.82) is 0 Å². The van der Waals surface area contributed by atoms with E-state index in [9.17, 15) is 0 Å². The van der Waals surface area contributed by atoms with Gasteiger partial charge in [0.25, 0.3) is 0 Å². The molecule has 2 heterocycles. The number of aromatic nitrogens is 1. The van der Waals surface area contributed by atoms with E-state index in [-0.39, 0.29) is 35.5 Å². The fraction of sp³-hybridized carbons (Fsp3) is 0.778. The van der Waals surface area contributed by atoms with Crippen LogP contribution in [0.5, 0.6) is 0 Å². The Kier molecular flexibility index (Phi) is 7.70. The Balaban J connectivity index is 0.00000243. The van der Waals surface area contributed by atoms with Gasteiger partial charge in [-0.3, -0.25) is 4.99 Å². The first-order valence-electron chi connectivity index (χ1n) is 9.03. The minimum Gasteiger partial charge on any atom is -0.377 e. The van der Waals surface area contributed by atoms with Crippen molar-refractivity contribution in [2.75, 3.05) is 20.8 Å². The number of fused-ring (bicyclic) bond motifs is 1. The second-order valence-corrected chi connectivity index (χ2v) is 8.41. The van der Waals surface area contributed by atoms with E-state index in [1.165, 1.54) is 6.42 Å². The molecule has 1 saturated carbocycles. The third kappa shape index (κ3) is 4.34. The zero-order valence-corrected chi connectivity index (χ0v) is 19.4. The van der Waals surface area contributed by atoms with Gasteiger partial charge in [0.2, 0.25) is 0 Å². The van der Waals surface area contributed by atoms with Crippen LogP contribution in [-0.4, -0.2) is 43.9 Å². The summed E-state index contributed by atoms with van der Waals surface area (Å²) >= 11 is 1.63. The lowest BCUT2D eigenvalue weighted by Gasteiger charge is -2.60. The molecule has 3 rings (SSSR count). The molecule has 2 N–H and O–H groups in total. The molecule has 148 valence electrons. The maximum Gasteiger partial charge on any atom is 0.191 e. The highest BCUT2D eigenvalue weighted by Crippen LogP contribution is 2.51. The Morgan fingerprint density at radius 1 is 1.54 bits per heavy atom. The van der Waals surface area contributed by atoms with Crippen LogP contribution in [0.1, 0.15) is 50.4 Å². The Morgan fingerprint density at radius 3 is 3.00 bits per heavy atom. The van der Waals surface area contributed by atoms with E-state index in [2.05, 4.69) is 39.8 Å². The Bertz CT molecular complexity index is 622. The van der Waals surface area contributed by atoms with Crippen LogP contribution >= 0.6 is 35.3 Å². The first-order valence-corrected chi connectivity index (χ1v) is 9.91. The van der Waals surface area contributed by atoms with E-state index in [0.717, 1.165) is 29.7 Å². The maximum absolute atomic E-state index is 5.98. The lowest BCUT2D eigenvalue weighted by molar-refractivity contribution is -0.188. The average Bonchev–Trinajstić information content (AvgIpc) is 3.10. The standard InChI is InChI=1S/C18H30N4O2S.HI/c1-11(23-5)16-21-12(10-25-16)9-20-17(19-4)22-14-13-7-6-8-24-15(13)18(14,2)3;/h10-11,13-15H,6-9H2,1-5H3,(H2,19,20,22);1H. The van der Waals surface area contributed by atoms with Crippen LogP contribution in [0, 0.1) is 11.3 Å². The summed E-state index contributed by atoms with van der Waals surface area (Å²) in [5.74, 6) is 1.41. The predicted molar refractivity (Wildman–Crippen MR) is 116 cm³/mol. The van der Waals surface area contributed by atoms with E-state index < -0.39 is 0 Å². The second-order valence-electron chi connectivity index (χ2n) is 7.52. The SMILES string of the molecule is CN=C(NCc1csc(C(C)OC)n1)NC1C2CCCOC2C1(C)C.I. The number of halogens is 1. The first kappa shape index (κ1) is 21.8. The van der Waals surface area contributed by atoms with Gasteiger partial charge in [-0.1, -0.05) is 13.8 Å². The highest BCUT2D eigenvalue weighted by molar-refractivity contribution is 14.0. The van der Waals surface area contributed by atoms with Crippen LogP contribution in [0.15, 0.2) is 10.4 Å². The lowest BCUT2D eigenvalue weighted by Crippen LogP contribution is -2.71. The van der Waals surface area contributed by atoms with Crippen molar-refractivity contribution in [1.82, 2.24) is 15.6 Å². The summed E-state index contributed by atoms with van der Waals surface area (Å²) in [6.07, 6.45) is 2.79. The van der Waals surface area contributed by atoms with Gasteiger partial charge < -0.3 is 20.1 Å². The normalized spacial score (nSPS) is 28.3. The molecule has 0 aromatic carbocycles. The number of methoxy groups -OCH3 is 1. The number of rotatable bonds is 5. The third-order valence-corrected chi connectivity index (χ3v) is 6.61. The minimum atomic E-state index is 0. The van der Waals surface area contributed by atoms with Gasteiger partial charge in [-0.2, -0.15) is 0 Å². The van der Waals surface area contributed by atoms with Crippen LogP contribution in [0.2, 0.25) is 0 Å². The number of hydrogen-bond donors (Lipinski definition) is 2. The molecule has 0 radical (unpaired) electrons. The molecular formula is C18H31IN4O2S. The molecule has 2 aliphatic rings. The van der Waals surface area contributed by atoms with Crippen LogP contribution in [0.4, 0.5) is 0 Å². The van der Waals surface area contributed by atoms with Gasteiger partial charge in [-0.15, -0.1) is 35.3 Å². The highest BCUT2D eigenvalue weighted by atomic mass is 127. The van der Waals surface area contributed by atoms with E-state index in [1.54, 1.807) is 18.4 Å². The van der Waals surface area contributed by atoms with Crippen molar-refractivity contribution in [3.63, 3.8) is 0 Å². The maximum atomic E-state index is 5.98.